The van der Waals surface area contributed by atoms with E-state index in [-0.39, 0.29) is 11.5 Å². The van der Waals surface area contributed by atoms with E-state index >= 15 is 0 Å². The van der Waals surface area contributed by atoms with Gasteiger partial charge in [0.25, 0.3) is 8.32 Å². The molecule has 0 amide bonds. The second-order valence-corrected chi connectivity index (χ2v) is 13.5. The van der Waals surface area contributed by atoms with Gasteiger partial charge in [-0.2, -0.15) is 0 Å². The van der Waals surface area contributed by atoms with Crippen molar-refractivity contribution in [2.24, 2.45) is 0 Å². The van der Waals surface area contributed by atoms with Crippen molar-refractivity contribution in [1.29, 1.82) is 0 Å². The standard InChI is InChI=1S/C24H32O4Si/c1-23(2,3)27-22(26)17-19(18-25)28-29(24(4,5)6,20-13-9-7-10-14-20)21-15-11-8-12-16-21/h7-16,18-19H,17H2,1-6H3/t19-/m0/s1. The minimum absolute atomic E-state index is 0.106. The fraction of sp³-hybridized carbons (Fsp3) is 0.417. The van der Waals surface area contributed by atoms with Gasteiger partial charge >= 0.3 is 5.97 Å². The van der Waals surface area contributed by atoms with Crippen molar-refractivity contribution in [3.05, 3.63) is 60.7 Å². The molecule has 0 aliphatic rings. The number of carbonyl (C=O) groups is 2. The molecule has 0 bridgehead atoms. The Labute approximate surface area is 175 Å². The first kappa shape index (κ1) is 23.0. The van der Waals surface area contributed by atoms with E-state index in [1.165, 1.54) is 0 Å². The molecule has 4 nitrogen and oxygen atoms in total. The largest absolute Gasteiger partial charge is 0.460 e. The third-order valence-corrected chi connectivity index (χ3v) is 9.75. The Bertz CT molecular complexity index is 765. The highest BCUT2D eigenvalue weighted by Gasteiger charge is 2.51. The molecule has 0 aliphatic carbocycles. The van der Waals surface area contributed by atoms with E-state index in [4.69, 9.17) is 9.16 Å². The SMILES string of the molecule is CC(C)(C)OC(=O)C[C@@H](C=O)O[Si](c1ccccc1)(c1ccccc1)C(C)(C)C. The van der Waals surface area contributed by atoms with Crippen LogP contribution in [-0.4, -0.2) is 32.3 Å². The highest BCUT2D eigenvalue weighted by atomic mass is 28.4. The van der Waals surface area contributed by atoms with Crippen molar-refractivity contribution in [2.45, 2.75) is 64.7 Å². The predicted molar refractivity (Wildman–Crippen MR) is 119 cm³/mol. The molecule has 0 spiro atoms. The lowest BCUT2D eigenvalue weighted by atomic mass is 10.2. The Hall–Kier alpha value is -2.24. The Morgan fingerprint density at radius 1 is 0.897 bits per heavy atom. The average molecular weight is 413 g/mol. The zero-order chi connectivity index (χ0) is 21.7. The zero-order valence-electron chi connectivity index (χ0n) is 18.3. The number of rotatable bonds is 7. The van der Waals surface area contributed by atoms with E-state index in [1.54, 1.807) is 0 Å². The molecular formula is C24H32O4Si. The number of hydrogen-bond acceptors (Lipinski definition) is 4. The van der Waals surface area contributed by atoms with Crippen molar-refractivity contribution < 1.29 is 18.8 Å². The summed E-state index contributed by atoms with van der Waals surface area (Å²) in [6.07, 6.45) is -0.259. The highest BCUT2D eigenvalue weighted by Crippen LogP contribution is 2.37. The van der Waals surface area contributed by atoms with E-state index in [2.05, 4.69) is 45.0 Å². The second-order valence-electron chi connectivity index (χ2n) is 9.25. The Morgan fingerprint density at radius 2 is 1.34 bits per heavy atom. The lowest BCUT2D eigenvalue weighted by Crippen LogP contribution is -2.68. The molecule has 1 atom stereocenters. The van der Waals surface area contributed by atoms with Crippen LogP contribution in [0.15, 0.2) is 60.7 Å². The molecule has 0 aromatic heterocycles. The monoisotopic (exact) mass is 412 g/mol. The lowest BCUT2D eigenvalue weighted by molar-refractivity contribution is -0.157. The maximum Gasteiger partial charge on any atom is 0.309 e. The fourth-order valence-corrected chi connectivity index (χ4v) is 8.19. The van der Waals surface area contributed by atoms with Gasteiger partial charge in [0, 0.05) is 0 Å². The molecule has 29 heavy (non-hydrogen) atoms. The minimum atomic E-state index is -2.90. The van der Waals surface area contributed by atoms with Crippen LogP contribution in [0, 0.1) is 0 Å². The summed E-state index contributed by atoms with van der Waals surface area (Å²) in [6.45, 7) is 11.8. The maximum atomic E-state index is 12.4. The van der Waals surface area contributed by atoms with Gasteiger partial charge in [-0.15, -0.1) is 0 Å². The normalized spacial score (nSPS) is 13.6. The molecule has 0 aliphatic heterocycles. The minimum Gasteiger partial charge on any atom is -0.460 e. The molecule has 0 saturated carbocycles. The van der Waals surface area contributed by atoms with E-state index in [1.807, 2.05) is 57.2 Å². The summed E-state index contributed by atoms with van der Waals surface area (Å²) in [4.78, 5) is 24.4. The number of aldehydes is 1. The summed E-state index contributed by atoms with van der Waals surface area (Å²) in [7, 11) is -2.90. The van der Waals surface area contributed by atoms with E-state index in [0.717, 1.165) is 16.7 Å². The van der Waals surface area contributed by atoms with Crippen LogP contribution in [0.25, 0.3) is 0 Å². The third kappa shape index (κ3) is 5.64. The number of ether oxygens (including phenoxy) is 1. The highest BCUT2D eigenvalue weighted by molar-refractivity contribution is 6.99. The van der Waals surface area contributed by atoms with Crippen molar-refractivity contribution in [1.82, 2.24) is 0 Å². The summed E-state index contributed by atoms with van der Waals surface area (Å²) in [5.74, 6) is -0.437. The number of carbonyl (C=O) groups excluding carboxylic acids is 2. The van der Waals surface area contributed by atoms with Crippen LogP contribution in [0.5, 0.6) is 0 Å². The molecule has 5 heteroatoms. The van der Waals surface area contributed by atoms with E-state index < -0.39 is 26.0 Å². The molecule has 0 unspecified atom stereocenters. The van der Waals surface area contributed by atoms with Crippen molar-refractivity contribution in [3.63, 3.8) is 0 Å². The summed E-state index contributed by atoms with van der Waals surface area (Å²) < 4.78 is 12.1. The van der Waals surface area contributed by atoms with Crippen LogP contribution in [0.2, 0.25) is 5.04 Å². The topological polar surface area (TPSA) is 52.6 Å². The summed E-state index contributed by atoms with van der Waals surface area (Å²) in [5.41, 5.74) is -0.609. The fourth-order valence-electron chi connectivity index (χ4n) is 3.58. The molecule has 0 saturated heterocycles. The molecule has 2 aromatic carbocycles. The van der Waals surface area contributed by atoms with Crippen LogP contribution < -0.4 is 10.4 Å². The quantitative estimate of drug-likeness (QED) is 0.394. The number of benzene rings is 2. The molecule has 2 rings (SSSR count). The average Bonchev–Trinajstić information content (AvgIpc) is 2.64. The van der Waals surface area contributed by atoms with Crippen molar-refractivity contribution in [2.75, 3.05) is 0 Å². The summed E-state index contributed by atoms with van der Waals surface area (Å²) >= 11 is 0. The van der Waals surface area contributed by atoms with Gasteiger partial charge in [0.1, 0.15) is 18.0 Å². The van der Waals surface area contributed by atoms with Gasteiger partial charge < -0.3 is 14.0 Å². The first-order valence-corrected chi connectivity index (χ1v) is 11.9. The molecule has 0 fully saturated rings. The van der Waals surface area contributed by atoms with Crippen molar-refractivity contribution in [3.8, 4) is 0 Å². The Morgan fingerprint density at radius 3 is 1.69 bits per heavy atom. The number of esters is 1. The molecule has 0 N–H and O–H groups in total. The van der Waals surface area contributed by atoms with Crippen LogP contribution in [0.1, 0.15) is 48.0 Å². The van der Waals surface area contributed by atoms with Crippen LogP contribution in [0.4, 0.5) is 0 Å². The molecular weight excluding hydrogens is 380 g/mol. The van der Waals surface area contributed by atoms with E-state index in [9.17, 15) is 9.59 Å². The molecule has 2 aromatic rings. The number of hydrogen-bond donors (Lipinski definition) is 0. The third-order valence-electron chi connectivity index (χ3n) is 4.68. The second kappa shape index (κ2) is 9.05. The first-order valence-electron chi connectivity index (χ1n) is 9.95. The summed E-state index contributed by atoms with van der Waals surface area (Å²) in [6, 6.07) is 20.1. The van der Waals surface area contributed by atoms with Crippen LogP contribution in [0.3, 0.4) is 0 Å². The van der Waals surface area contributed by atoms with Gasteiger partial charge in [0.05, 0.1) is 6.42 Å². The Balaban J connectivity index is 2.52. The predicted octanol–water partition coefficient (Wildman–Crippen LogP) is 3.86. The van der Waals surface area contributed by atoms with Gasteiger partial charge in [0.15, 0.2) is 0 Å². The maximum absolute atomic E-state index is 12.4. The van der Waals surface area contributed by atoms with Crippen LogP contribution >= 0.6 is 0 Å². The van der Waals surface area contributed by atoms with E-state index in [0.29, 0.717) is 0 Å². The smallest absolute Gasteiger partial charge is 0.309 e. The van der Waals surface area contributed by atoms with Gasteiger partial charge in [-0.3, -0.25) is 4.79 Å². The van der Waals surface area contributed by atoms with Gasteiger partial charge in [-0.25, -0.2) is 0 Å². The molecule has 0 radical (unpaired) electrons. The van der Waals surface area contributed by atoms with Gasteiger partial charge in [-0.05, 0) is 36.2 Å². The molecule has 0 heterocycles. The van der Waals surface area contributed by atoms with Gasteiger partial charge in [0.2, 0.25) is 0 Å². The van der Waals surface area contributed by atoms with Crippen LogP contribution in [-0.2, 0) is 18.8 Å². The first-order chi connectivity index (χ1) is 13.5. The van der Waals surface area contributed by atoms with Crippen molar-refractivity contribution >= 4 is 30.9 Å². The van der Waals surface area contributed by atoms with Gasteiger partial charge in [-0.1, -0.05) is 81.4 Å². The lowest BCUT2D eigenvalue weighted by Gasteiger charge is -2.44. The zero-order valence-corrected chi connectivity index (χ0v) is 19.3. The molecule has 156 valence electrons. The summed E-state index contributed by atoms with van der Waals surface area (Å²) in [5, 5.41) is 1.86. The Kier molecular flexibility index (Phi) is 7.19.